The summed E-state index contributed by atoms with van der Waals surface area (Å²) in [4.78, 5) is 24.0. The molecule has 1 N–H and O–H groups in total. The van der Waals surface area contributed by atoms with E-state index in [2.05, 4.69) is 0 Å². The van der Waals surface area contributed by atoms with Gasteiger partial charge in [0, 0.05) is 18.4 Å². The van der Waals surface area contributed by atoms with Crippen LogP contribution in [0.15, 0.2) is 0 Å². The van der Waals surface area contributed by atoms with E-state index >= 15 is 0 Å². The van der Waals surface area contributed by atoms with E-state index in [0.29, 0.717) is 6.61 Å². The summed E-state index contributed by atoms with van der Waals surface area (Å²) in [5, 5.41) is 8.79. The molecule has 0 atom stereocenters. The highest BCUT2D eigenvalue weighted by Crippen LogP contribution is 2.15. The van der Waals surface area contributed by atoms with Crippen LogP contribution < -0.4 is 0 Å². The maximum atomic E-state index is 11.9. The van der Waals surface area contributed by atoms with E-state index in [1.807, 2.05) is 20.8 Å². The first-order valence-electron chi connectivity index (χ1n) is 5.38. The highest BCUT2D eigenvalue weighted by Gasteiger charge is 2.27. The van der Waals surface area contributed by atoms with Gasteiger partial charge in [-0.05, 0) is 20.8 Å². The lowest BCUT2D eigenvalue weighted by atomic mass is 10.1. The van der Waals surface area contributed by atoms with Gasteiger partial charge < -0.3 is 14.7 Å². The first kappa shape index (κ1) is 16.2. The van der Waals surface area contributed by atoms with E-state index in [1.165, 1.54) is 16.7 Å². The second-order valence-electron chi connectivity index (χ2n) is 4.59. The van der Waals surface area contributed by atoms with Gasteiger partial charge in [0.25, 0.3) is 0 Å². The molecular weight excluding hydrogens is 242 g/mol. The lowest BCUT2D eigenvalue weighted by Gasteiger charge is -2.34. The van der Waals surface area contributed by atoms with Crippen molar-refractivity contribution in [1.29, 1.82) is 0 Å². The number of rotatable bonds is 7. The second kappa shape index (κ2) is 7.55. The summed E-state index contributed by atoms with van der Waals surface area (Å²) < 4.78 is 4.88. The van der Waals surface area contributed by atoms with Crippen LogP contribution in [0.2, 0.25) is 0 Å². The lowest BCUT2D eigenvalue weighted by Crippen LogP contribution is -2.49. The summed E-state index contributed by atoms with van der Waals surface area (Å²) in [5.41, 5.74) is -0.475. The summed E-state index contributed by atoms with van der Waals surface area (Å²) in [6.45, 7) is 5.81. The number of carboxylic acid groups (broad SMARTS) is 1. The highest BCUT2D eigenvalue weighted by molar-refractivity contribution is 7.99. The zero-order chi connectivity index (χ0) is 13.5. The molecular formula is C11H21NO4S. The predicted molar refractivity (Wildman–Crippen MR) is 68.3 cm³/mol. The fourth-order valence-electron chi connectivity index (χ4n) is 1.21. The highest BCUT2D eigenvalue weighted by atomic mass is 32.2. The standard InChI is InChI=1S/C11H21NO4S/c1-11(2,3)12(7-10(14)15)9(13)8-17-6-5-16-4/h5-8H2,1-4H3,(H,14,15). The fourth-order valence-corrected chi connectivity index (χ4v) is 1.97. The minimum Gasteiger partial charge on any atom is -0.480 e. The number of methoxy groups -OCH3 is 1. The number of nitrogens with zero attached hydrogens (tertiary/aromatic N) is 1. The summed E-state index contributed by atoms with van der Waals surface area (Å²) in [6.07, 6.45) is 0. The average molecular weight is 263 g/mol. The number of ether oxygens (including phenoxy) is 1. The molecule has 0 aliphatic carbocycles. The number of carbonyl (C=O) groups is 2. The molecule has 0 fully saturated rings. The summed E-state index contributed by atoms with van der Waals surface area (Å²) in [6, 6.07) is 0. The summed E-state index contributed by atoms with van der Waals surface area (Å²) in [7, 11) is 1.61. The first-order chi connectivity index (χ1) is 7.79. The van der Waals surface area contributed by atoms with Crippen molar-refractivity contribution in [2.45, 2.75) is 26.3 Å². The molecule has 17 heavy (non-hydrogen) atoms. The molecule has 0 aromatic heterocycles. The van der Waals surface area contributed by atoms with E-state index in [9.17, 15) is 9.59 Å². The lowest BCUT2D eigenvalue weighted by molar-refractivity contribution is -0.146. The molecule has 0 aliphatic rings. The zero-order valence-corrected chi connectivity index (χ0v) is 11.7. The third kappa shape index (κ3) is 7.23. The van der Waals surface area contributed by atoms with Gasteiger partial charge in [0.2, 0.25) is 5.91 Å². The molecule has 0 saturated heterocycles. The Morgan fingerprint density at radius 2 is 1.94 bits per heavy atom. The van der Waals surface area contributed by atoms with Gasteiger partial charge >= 0.3 is 5.97 Å². The Kier molecular flexibility index (Phi) is 7.22. The first-order valence-corrected chi connectivity index (χ1v) is 6.53. The Hall–Kier alpha value is -0.750. The number of carbonyl (C=O) groups excluding carboxylic acids is 1. The van der Waals surface area contributed by atoms with Crippen LogP contribution in [-0.2, 0) is 14.3 Å². The maximum Gasteiger partial charge on any atom is 0.323 e. The van der Waals surface area contributed by atoms with Crippen molar-refractivity contribution in [3.8, 4) is 0 Å². The molecule has 0 aliphatic heterocycles. The summed E-state index contributed by atoms with van der Waals surface area (Å²) >= 11 is 1.45. The quantitative estimate of drug-likeness (QED) is 0.696. The van der Waals surface area contributed by atoms with E-state index in [4.69, 9.17) is 9.84 Å². The molecule has 0 aromatic carbocycles. The number of aliphatic carboxylic acids is 1. The van der Waals surface area contributed by atoms with Gasteiger partial charge in [-0.2, -0.15) is 0 Å². The predicted octanol–water partition coefficient (Wildman–Crippen LogP) is 1.08. The van der Waals surface area contributed by atoms with Crippen LogP contribution >= 0.6 is 11.8 Å². The van der Waals surface area contributed by atoms with Gasteiger partial charge in [0.15, 0.2) is 0 Å². The number of thioether (sulfide) groups is 1. The van der Waals surface area contributed by atoms with Gasteiger partial charge in [0.05, 0.1) is 12.4 Å². The summed E-state index contributed by atoms with van der Waals surface area (Å²) in [5.74, 6) is -0.127. The smallest absolute Gasteiger partial charge is 0.323 e. The Morgan fingerprint density at radius 3 is 2.35 bits per heavy atom. The zero-order valence-electron chi connectivity index (χ0n) is 10.9. The Labute approximate surface area is 107 Å². The average Bonchev–Trinajstić information content (AvgIpc) is 2.19. The SMILES string of the molecule is COCCSCC(=O)N(CC(=O)O)C(C)(C)C. The molecule has 0 radical (unpaired) electrons. The van der Waals surface area contributed by atoms with Crippen molar-refractivity contribution in [3.05, 3.63) is 0 Å². The van der Waals surface area contributed by atoms with Gasteiger partial charge in [0.1, 0.15) is 6.54 Å². The number of hydrogen-bond donors (Lipinski definition) is 1. The molecule has 0 saturated carbocycles. The van der Waals surface area contributed by atoms with Crippen LogP contribution in [-0.4, -0.2) is 59.2 Å². The number of hydrogen-bond acceptors (Lipinski definition) is 4. The molecule has 6 heteroatoms. The molecule has 0 bridgehead atoms. The molecule has 0 heterocycles. The Morgan fingerprint density at radius 1 is 1.35 bits per heavy atom. The third-order valence-corrected chi connectivity index (χ3v) is 2.97. The van der Waals surface area contributed by atoms with Crippen LogP contribution in [0.25, 0.3) is 0 Å². The topological polar surface area (TPSA) is 66.8 Å². The normalized spacial score (nSPS) is 11.3. The van der Waals surface area contributed by atoms with Crippen LogP contribution in [0, 0.1) is 0 Å². The molecule has 0 aromatic rings. The molecule has 0 unspecified atom stereocenters. The van der Waals surface area contributed by atoms with Crippen molar-refractivity contribution < 1.29 is 19.4 Å². The van der Waals surface area contributed by atoms with E-state index in [-0.39, 0.29) is 18.2 Å². The van der Waals surface area contributed by atoms with Crippen molar-refractivity contribution in [1.82, 2.24) is 4.90 Å². The largest absolute Gasteiger partial charge is 0.480 e. The van der Waals surface area contributed by atoms with Crippen molar-refractivity contribution >= 4 is 23.6 Å². The van der Waals surface area contributed by atoms with Crippen LogP contribution in [0.4, 0.5) is 0 Å². The van der Waals surface area contributed by atoms with Gasteiger partial charge in [-0.3, -0.25) is 9.59 Å². The van der Waals surface area contributed by atoms with E-state index in [1.54, 1.807) is 7.11 Å². The van der Waals surface area contributed by atoms with Gasteiger partial charge in [-0.15, -0.1) is 11.8 Å². The molecule has 100 valence electrons. The van der Waals surface area contributed by atoms with Crippen molar-refractivity contribution in [3.63, 3.8) is 0 Å². The van der Waals surface area contributed by atoms with Crippen molar-refractivity contribution in [2.24, 2.45) is 0 Å². The van der Waals surface area contributed by atoms with Crippen LogP contribution in [0.3, 0.4) is 0 Å². The number of amides is 1. The molecule has 5 nitrogen and oxygen atoms in total. The van der Waals surface area contributed by atoms with E-state index in [0.717, 1.165) is 5.75 Å². The Balaban J connectivity index is 4.29. The fraction of sp³-hybridized carbons (Fsp3) is 0.818. The van der Waals surface area contributed by atoms with Gasteiger partial charge in [-0.25, -0.2) is 0 Å². The van der Waals surface area contributed by atoms with Crippen LogP contribution in [0.1, 0.15) is 20.8 Å². The van der Waals surface area contributed by atoms with Gasteiger partial charge in [-0.1, -0.05) is 0 Å². The minimum atomic E-state index is -0.991. The van der Waals surface area contributed by atoms with Crippen LogP contribution in [0.5, 0.6) is 0 Å². The third-order valence-electron chi connectivity index (χ3n) is 2.06. The molecule has 0 spiro atoms. The minimum absolute atomic E-state index is 0.152. The van der Waals surface area contributed by atoms with E-state index < -0.39 is 11.5 Å². The molecule has 1 amide bonds. The molecule has 0 rings (SSSR count). The monoisotopic (exact) mass is 263 g/mol. The second-order valence-corrected chi connectivity index (χ2v) is 5.69. The Bertz CT molecular complexity index is 263. The maximum absolute atomic E-state index is 11.9. The van der Waals surface area contributed by atoms with Crippen molar-refractivity contribution in [2.75, 3.05) is 31.8 Å². The number of carboxylic acids is 1.